The van der Waals surface area contributed by atoms with Crippen LogP contribution in [0.4, 0.5) is 13.2 Å². The summed E-state index contributed by atoms with van der Waals surface area (Å²) >= 11 is 6.15. The molecule has 0 spiro atoms. The molecule has 1 amide bonds. The summed E-state index contributed by atoms with van der Waals surface area (Å²) in [7, 11) is 0. The number of carbonyl (C=O) groups is 1. The predicted molar refractivity (Wildman–Crippen MR) is 112 cm³/mol. The van der Waals surface area contributed by atoms with Gasteiger partial charge in [0, 0.05) is 22.7 Å². The number of nitrogens with one attached hydrogen (secondary N) is 2. The van der Waals surface area contributed by atoms with Crippen molar-refractivity contribution in [3.05, 3.63) is 70.2 Å². The van der Waals surface area contributed by atoms with Gasteiger partial charge in [-0.25, -0.2) is 0 Å². The van der Waals surface area contributed by atoms with Crippen LogP contribution in [0.3, 0.4) is 0 Å². The van der Waals surface area contributed by atoms with Gasteiger partial charge in [-0.2, -0.15) is 13.2 Å². The SMILES string of the molecule is O=C(NC[C@]1(O)CO[C@H](CNC2OC2c2ccccc2Cl)[C@H]1O)c1cccc(C(F)(F)F)c1. The van der Waals surface area contributed by atoms with E-state index in [-0.39, 0.29) is 31.0 Å². The van der Waals surface area contributed by atoms with Crippen LogP contribution in [0.15, 0.2) is 48.5 Å². The van der Waals surface area contributed by atoms with E-state index in [1.165, 1.54) is 6.07 Å². The lowest BCUT2D eigenvalue weighted by atomic mass is 9.96. The fourth-order valence-corrected chi connectivity index (χ4v) is 3.96. The highest BCUT2D eigenvalue weighted by molar-refractivity contribution is 6.31. The first-order chi connectivity index (χ1) is 15.6. The number of rotatable bonds is 7. The zero-order chi connectivity index (χ0) is 23.8. The lowest BCUT2D eigenvalue weighted by molar-refractivity contribution is -0.137. The van der Waals surface area contributed by atoms with Crippen molar-refractivity contribution in [3.63, 3.8) is 0 Å². The summed E-state index contributed by atoms with van der Waals surface area (Å²) in [6.07, 6.45) is -7.26. The van der Waals surface area contributed by atoms with Gasteiger partial charge in [0.15, 0.2) is 0 Å². The predicted octanol–water partition coefficient (Wildman–Crippen LogP) is 2.27. The molecule has 0 aromatic heterocycles. The minimum absolute atomic E-state index is 0.163. The van der Waals surface area contributed by atoms with Crippen LogP contribution in [0.5, 0.6) is 0 Å². The molecule has 33 heavy (non-hydrogen) atoms. The van der Waals surface area contributed by atoms with E-state index in [1.807, 2.05) is 18.2 Å². The highest BCUT2D eigenvalue weighted by atomic mass is 35.5. The Bertz CT molecular complexity index is 1020. The Morgan fingerprint density at radius 3 is 2.70 bits per heavy atom. The van der Waals surface area contributed by atoms with Gasteiger partial charge in [0.25, 0.3) is 5.91 Å². The highest BCUT2D eigenvalue weighted by Gasteiger charge is 2.49. The van der Waals surface area contributed by atoms with E-state index in [9.17, 15) is 28.2 Å². The smallest absolute Gasteiger partial charge is 0.387 e. The molecule has 0 bridgehead atoms. The fourth-order valence-electron chi connectivity index (χ4n) is 3.71. The van der Waals surface area contributed by atoms with Crippen LogP contribution < -0.4 is 10.6 Å². The third-order valence-corrected chi connectivity index (χ3v) is 6.02. The first-order valence-electron chi connectivity index (χ1n) is 10.2. The second-order valence-electron chi connectivity index (χ2n) is 8.07. The molecule has 7 nitrogen and oxygen atoms in total. The molecule has 2 aliphatic rings. The van der Waals surface area contributed by atoms with E-state index in [1.54, 1.807) is 6.07 Å². The maximum absolute atomic E-state index is 12.8. The highest BCUT2D eigenvalue weighted by Crippen LogP contribution is 2.40. The van der Waals surface area contributed by atoms with Gasteiger partial charge in [-0.3, -0.25) is 10.1 Å². The Morgan fingerprint density at radius 2 is 1.97 bits per heavy atom. The van der Waals surface area contributed by atoms with Crippen molar-refractivity contribution in [2.24, 2.45) is 0 Å². The molecule has 2 aromatic rings. The van der Waals surface area contributed by atoms with E-state index < -0.39 is 42.0 Å². The third kappa shape index (κ3) is 5.32. The van der Waals surface area contributed by atoms with Gasteiger partial charge in [0.1, 0.15) is 24.0 Å². The lowest BCUT2D eigenvalue weighted by Crippen LogP contribution is -2.53. The molecule has 2 aliphatic heterocycles. The Hall–Kier alpha value is -2.21. The Morgan fingerprint density at radius 1 is 1.21 bits per heavy atom. The van der Waals surface area contributed by atoms with Crippen molar-refractivity contribution < 1.29 is 37.7 Å². The molecule has 0 radical (unpaired) electrons. The number of hydrogen-bond acceptors (Lipinski definition) is 6. The molecule has 4 N–H and O–H groups in total. The Kier molecular flexibility index (Phi) is 6.68. The maximum atomic E-state index is 12.8. The monoisotopic (exact) mass is 486 g/mol. The third-order valence-electron chi connectivity index (χ3n) is 5.68. The van der Waals surface area contributed by atoms with Gasteiger partial charge in [0.2, 0.25) is 0 Å². The van der Waals surface area contributed by atoms with Gasteiger partial charge in [-0.1, -0.05) is 35.9 Å². The molecule has 2 heterocycles. The molecule has 2 saturated heterocycles. The summed E-state index contributed by atoms with van der Waals surface area (Å²) in [5.41, 5.74) is -2.13. The van der Waals surface area contributed by atoms with Crippen molar-refractivity contribution in [1.29, 1.82) is 0 Å². The fraction of sp³-hybridized carbons (Fsp3) is 0.409. The van der Waals surface area contributed by atoms with Gasteiger partial charge < -0.3 is 25.0 Å². The van der Waals surface area contributed by atoms with E-state index in [0.717, 1.165) is 23.8 Å². The zero-order valence-electron chi connectivity index (χ0n) is 17.2. The number of benzene rings is 2. The molecule has 5 atom stereocenters. The molecule has 178 valence electrons. The molecule has 0 saturated carbocycles. The average Bonchev–Trinajstić information content (AvgIpc) is 3.50. The molecule has 2 aromatic carbocycles. The van der Waals surface area contributed by atoms with Gasteiger partial charge >= 0.3 is 6.18 Å². The standard InChI is InChI=1S/C22H22ClF3N2O5/c23-15-7-2-1-6-14(15)17-20(33-17)27-9-16-18(29)21(31,11-32-16)10-28-19(30)12-4-3-5-13(8-12)22(24,25)26/h1-8,16-18,20,27,29,31H,9-11H2,(H,28,30)/t16-,17?,18-,20?,21+/m1/s1. The van der Waals surface area contributed by atoms with Crippen molar-refractivity contribution in [2.75, 3.05) is 19.7 Å². The van der Waals surface area contributed by atoms with Crippen molar-refractivity contribution in [3.8, 4) is 0 Å². The number of epoxide rings is 1. The lowest BCUT2D eigenvalue weighted by Gasteiger charge is -2.26. The van der Waals surface area contributed by atoms with E-state index in [2.05, 4.69) is 10.6 Å². The Labute approximate surface area is 192 Å². The van der Waals surface area contributed by atoms with E-state index in [0.29, 0.717) is 5.02 Å². The number of aliphatic hydroxyl groups is 2. The topological polar surface area (TPSA) is 103 Å². The summed E-state index contributed by atoms with van der Waals surface area (Å²) < 4.78 is 49.6. The normalized spacial score (nSPS) is 29.2. The molecule has 2 fully saturated rings. The number of alkyl halides is 3. The van der Waals surface area contributed by atoms with Crippen molar-refractivity contribution in [2.45, 2.75) is 36.3 Å². The number of carbonyl (C=O) groups excluding carboxylic acids is 1. The van der Waals surface area contributed by atoms with Crippen LogP contribution in [0, 0.1) is 0 Å². The van der Waals surface area contributed by atoms with Crippen LogP contribution in [0.2, 0.25) is 5.02 Å². The van der Waals surface area contributed by atoms with Crippen LogP contribution in [-0.4, -0.2) is 59.9 Å². The van der Waals surface area contributed by atoms with Crippen LogP contribution in [-0.2, 0) is 15.7 Å². The summed E-state index contributed by atoms with van der Waals surface area (Å²) in [5.74, 6) is -0.808. The molecular weight excluding hydrogens is 465 g/mol. The molecule has 4 rings (SSSR count). The van der Waals surface area contributed by atoms with Crippen LogP contribution in [0.1, 0.15) is 27.6 Å². The minimum atomic E-state index is -4.58. The summed E-state index contributed by atoms with van der Waals surface area (Å²) in [6.45, 7) is -0.499. The molecule has 0 aliphatic carbocycles. The average molecular weight is 487 g/mol. The van der Waals surface area contributed by atoms with Crippen LogP contribution in [0.25, 0.3) is 0 Å². The van der Waals surface area contributed by atoms with Crippen LogP contribution >= 0.6 is 11.6 Å². The number of halogens is 4. The number of ether oxygens (including phenoxy) is 2. The second-order valence-corrected chi connectivity index (χ2v) is 8.47. The molecular formula is C22H22ClF3N2O5. The second kappa shape index (κ2) is 9.21. The number of aliphatic hydroxyl groups excluding tert-OH is 1. The Balaban J connectivity index is 1.28. The summed E-state index contributed by atoms with van der Waals surface area (Å²) in [4.78, 5) is 12.3. The van der Waals surface area contributed by atoms with E-state index >= 15 is 0 Å². The molecule has 11 heteroatoms. The maximum Gasteiger partial charge on any atom is 0.416 e. The van der Waals surface area contributed by atoms with Gasteiger partial charge in [0.05, 0.1) is 24.8 Å². The largest absolute Gasteiger partial charge is 0.416 e. The number of hydrogen-bond donors (Lipinski definition) is 4. The molecule has 2 unspecified atom stereocenters. The van der Waals surface area contributed by atoms with Crippen molar-refractivity contribution in [1.82, 2.24) is 10.6 Å². The number of amides is 1. The quantitative estimate of drug-likeness (QED) is 0.448. The van der Waals surface area contributed by atoms with Gasteiger partial charge in [-0.05, 0) is 24.3 Å². The zero-order valence-corrected chi connectivity index (χ0v) is 17.9. The van der Waals surface area contributed by atoms with Crippen molar-refractivity contribution >= 4 is 17.5 Å². The first-order valence-corrected chi connectivity index (χ1v) is 10.6. The summed E-state index contributed by atoms with van der Waals surface area (Å²) in [5, 5.41) is 27.3. The summed E-state index contributed by atoms with van der Waals surface area (Å²) in [6, 6.07) is 11.2. The van der Waals surface area contributed by atoms with E-state index in [4.69, 9.17) is 21.1 Å². The van der Waals surface area contributed by atoms with Gasteiger partial charge in [-0.15, -0.1) is 0 Å². The minimum Gasteiger partial charge on any atom is -0.387 e. The first kappa shape index (κ1) is 23.9.